The third-order valence-electron chi connectivity index (χ3n) is 6.26. The molecule has 45 heavy (non-hydrogen) atoms. The quantitative estimate of drug-likeness (QED) is 0.159. The number of aromatic hydroxyl groups is 1. The van der Waals surface area contributed by atoms with Crippen molar-refractivity contribution in [1.82, 2.24) is 0 Å². The summed E-state index contributed by atoms with van der Waals surface area (Å²) < 4.78 is 21.5. The van der Waals surface area contributed by atoms with Crippen molar-refractivity contribution >= 4 is 169 Å². The van der Waals surface area contributed by atoms with Crippen molar-refractivity contribution in [2.24, 2.45) is 0 Å². The maximum Gasteiger partial charge on any atom is 0.369 e. The monoisotopic (exact) mass is 1180 g/mol. The number of nitrogens with zero attached hydrogens (tertiary/aromatic N) is 2. The van der Waals surface area contributed by atoms with E-state index in [1.807, 2.05) is 48.5 Å². The van der Waals surface area contributed by atoms with Gasteiger partial charge in [0.05, 0.1) is 18.5 Å². The van der Waals surface area contributed by atoms with Gasteiger partial charge in [-0.05, 0) is 60.7 Å². The Morgan fingerprint density at radius 1 is 0.644 bits per heavy atom. The number of halogens is 9. The van der Waals surface area contributed by atoms with Crippen LogP contribution in [0.3, 0.4) is 0 Å². The van der Waals surface area contributed by atoms with Gasteiger partial charge in [-0.2, -0.15) is 0 Å². The summed E-state index contributed by atoms with van der Waals surface area (Å²) >= 11 is 30.2. The minimum atomic E-state index is 0.195. The van der Waals surface area contributed by atoms with E-state index in [9.17, 15) is 5.11 Å². The standard InChI is InChI=1S/C15H12Br3NO2.C14H10Br3NO2.BBr3/c1-20-13-7-10(18)8-14-15(13)19(5-4-16)11-6-9(17)2-3-12(11)21-14;15-3-4-18-10-5-8(16)1-2-12(10)20-13-7-9(17)6-11(19)14(13)18;2-1(3)4/h2-3,6-8H,4-5H2,1H3;1-2,5-7,19H,3-4H2;. The third-order valence-corrected chi connectivity index (χ3v) is 8.88. The van der Waals surface area contributed by atoms with Gasteiger partial charge < -0.3 is 29.1 Å². The van der Waals surface area contributed by atoms with Crippen LogP contribution in [0.15, 0.2) is 78.6 Å². The molecule has 6 nitrogen and oxygen atoms in total. The zero-order valence-corrected chi connectivity index (χ0v) is 37.4. The average Bonchev–Trinajstić information content (AvgIpc) is 2.97. The number of benzene rings is 4. The summed E-state index contributed by atoms with van der Waals surface area (Å²) in [6.07, 6.45) is 0. The van der Waals surface area contributed by atoms with Crippen LogP contribution in [0.4, 0.5) is 22.7 Å². The van der Waals surface area contributed by atoms with Gasteiger partial charge in [-0.25, -0.2) is 0 Å². The highest BCUT2D eigenvalue weighted by molar-refractivity contribution is 9.69. The van der Waals surface area contributed by atoms with Crippen molar-refractivity contribution in [1.29, 1.82) is 0 Å². The van der Waals surface area contributed by atoms with Crippen molar-refractivity contribution in [2.45, 2.75) is 0 Å². The topological polar surface area (TPSA) is 54.4 Å². The molecule has 4 aromatic rings. The Bertz CT molecular complexity index is 1660. The van der Waals surface area contributed by atoms with Crippen LogP contribution in [0.2, 0.25) is 0 Å². The summed E-state index contributed by atoms with van der Waals surface area (Å²) in [4.78, 5) is 4.26. The van der Waals surface area contributed by atoms with Crippen LogP contribution in [-0.4, -0.2) is 39.2 Å². The van der Waals surface area contributed by atoms with E-state index >= 15 is 0 Å². The zero-order chi connectivity index (χ0) is 32.8. The largest absolute Gasteiger partial charge is 0.506 e. The molecule has 0 saturated heterocycles. The average molecular weight is 1190 g/mol. The molecule has 0 aliphatic carbocycles. The Morgan fingerprint density at radius 3 is 1.56 bits per heavy atom. The molecule has 6 rings (SSSR count). The van der Waals surface area contributed by atoms with Gasteiger partial charge in [0.15, 0.2) is 23.0 Å². The second-order valence-corrected chi connectivity index (χ2v) is 20.8. The number of hydrogen-bond donors (Lipinski definition) is 1. The molecule has 0 atom stereocenters. The highest BCUT2D eigenvalue weighted by Gasteiger charge is 2.29. The Morgan fingerprint density at radius 2 is 1.09 bits per heavy atom. The second kappa shape index (κ2) is 17.6. The van der Waals surface area contributed by atoms with Crippen LogP contribution in [0.5, 0.6) is 34.5 Å². The lowest BCUT2D eigenvalue weighted by molar-refractivity contribution is 0.406. The number of rotatable bonds is 5. The van der Waals surface area contributed by atoms with Gasteiger partial charge in [0.1, 0.15) is 22.9 Å². The van der Waals surface area contributed by atoms with Gasteiger partial charge >= 0.3 is 3.18 Å². The maximum absolute atomic E-state index is 10.3. The molecule has 1 N–H and O–H groups in total. The smallest absolute Gasteiger partial charge is 0.369 e. The fourth-order valence-electron chi connectivity index (χ4n) is 4.65. The molecule has 2 heterocycles. The van der Waals surface area contributed by atoms with Crippen LogP contribution < -0.4 is 24.0 Å². The van der Waals surface area contributed by atoms with Crippen LogP contribution in [0, 0.1) is 0 Å². The molecule has 0 fully saturated rings. The first kappa shape index (κ1) is 37.9. The Hall–Kier alpha value is 0.0649. The summed E-state index contributed by atoms with van der Waals surface area (Å²) in [6.45, 7) is 1.55. The van der Waals surface area contributed by atoms with Gasteiger partial charge in [-0.3, -0.25) is 0 Å². The number of ether oxygens (including phenoxy) is 3. The maximum atomic E-state index is 10.3. The van der Waals surface area contributed by atoms with E-state index in [4.69, 9.17) is 14.2 Å². The number of phenols is 1. The number of anilines is 4. The van der Waals surface area contributed by atoms with Crippen LogP contribution in [-0.2, 0) is 0 Å². The molecular formula is C29H22BBr9N2O4. The number of alkyl halides is 2. The van der Waals surface area contributed by atoms with E-state index < -0.39 is 0 Å². The predicted octanol–water partition coefficient (Wildman–Crippen LogP) is 13.6. The predicted molar refractivity (Wildman–Crippen MR) is 219 cm³/mol. The fourth-order valence-corrected chi connectivity index (χ4v) is 6.89. The lowest BCUT2D eigenvalue weighted by atomic mass is 10.1. The fraction of sp³-hybridized carbons (Fsp3) is 0.172. The highest BCUT2D eigenvalue weighted by Crippen LogP contribution is 2.53. The van der Waals surface area contributed by atoms with Crippen molar-refractivity contribution in [2.75, 3.05) is 40.7 Å². The lowest BCUT2D eigenvalue weighted by Crippen LogP contribution is -2.24. The Kier molecular flexibility index (Phi) is 14.8. The van der Waals surface area contributed by atoms with Gasteiger partial charge in [-0.1, -0.05) is 95.6 Å². The van der Waals surface area contributed by atoms with Crippen LogP contribution >= 0.6 is 143 Å². The van der Waals surface area contributed by atoms with Crippen molar-refractivity contribution in [3.8, 4) is 34.5 Å². The summed E-state index contributed by atoms with van der Waals surface area (Å²) in [5, 5.41) is 11.9. The first-order chi connectivity index (χ1) is 21.5. The second-order valence-electron chi connectivity index (χ2n) is 9.08. The van der Waals surface area contributed by atoms with Gasteiger partial charge in [0.2, 0.25) is 0 Å². The molecule has 238 valence electrons. The Balaban J connectivity index is 0.000000184. The van der Waals surface area contributed by atoms with E-state index in [0.717, 1.165) is 81.7 Å². The summed E-state index contributed by atoms with van der Waals surface area (Å²) in [7, 11) is 1.67. The first-order valence-electron chi connectivity index (χ1n) is 12.9. The SMILES string of the molecule is BrB(Br)Br.COc1cc(Br)cc2c1N(CCBr)c1cc(Br)ccc1O2.Oc1cc(Br)cc2c1N(CCBr)c1cc(Br)ccc1O2. The molecule has 0 saturated carbocycles. The number of phenolic OH excluding ortho intramolecular Hbond substituents is 1. The van der Waals surface area contributed by atoms with E-state index in [0.29, 0.717) is 11.4 Å². The van der Waals surface area contributed by atoms with Crippen molar-refractivity contribution < 1.29 is 19.3 Å². The Labute approximate surface area is 337 Å². The van der Waals surface area contributed by atoms with Crippen LogP contribution in [0.1, 0.15) is 0 Å². The summed E-state index contributed by atoms with van der Waals surface area (Å²) in [6, 6.07) is 19.3. The molecule has 2 aliphatic rings. The molecule has 4 aromatic carbocycles. The molecule has 0 aromatic heterocycles. The van der Waals surface area contributed by atoms with Crippen molar-refractivity contribution in [3.63, 3.8) is 0 Å². The molecule has 2 aliphatic heterocycles. The van der Waals surface area contributed by atoms with E-state index in [2.05, 4.69) is 159 Å². The first-order valence-corrected chi connectivity index (χ1v) is 21.1. The number of fused-ring (bicyclic) bond motifs is 4. The van der Waals surface area contributed by atoms with Gasteiger partial charge in [-0.15, -0.1) is 47.3 Å². The highest BCUT2D eigenvalue weighted by atomic mass is 80.0. The number of methoxy groups -OCH3 is 1. The molecule has 0 radical (unpaired) electrons. The van der Waals surface area contributed by atoms with E-state index in [1.165, 1.54) is 0 Å². The zero-order valence-electron chi connectivity index (χ0n) is 23.1. The van der Waals surface area contributed by atoms with Crippen LogP contribution in [0.25, 0.3) is 0 Å². The molecule has 0 unspecified atom stereocenters. The third kappa shape index (κ3) is 9.61. The molecule has 16 heteroatoms. The van der Waals surface area contributed by atoms with E-state index in [1.54, 1.807) is 13.2 Å². The molecule has 0 amide bonds. The van der Waals surface area contributed by atoms with Crippen molar-refractivity contribution in [3.05, 3.63) is 78.6 Å². The molecule has 0 spiro atoms. The van der Waals surface area contributed by atoms with Gasteiger partial charge in [0.25, 0.3) is 0 Å². The molecular weight excluding hydrogens is 1170 g/mol. The number of hydrogen-bond acceptors (Lipinski definition) is 6. The lowest BCUT2D eigenvalue weighted by Gasteiger charge is -2.33. The summed E-state index contributed by atoms with van der Waals surface area (Å²) in [5.74, 6) is 4.03. The van der Waals surface area contributed by atoms with E-state index in [-0.39, 0.29) is 8.93 Å². The minimum absolute atomic E-state index is 0.195. The molecule has 0 bridgehead atoms. The normalized spacial score (nSPS) is 12.0. The summed E-state index contributed by atoms with van der Waals surface area (Å²) in [5.41, 5.74) is 3.60. The van der Waals surface area contributed by atoms with Gasteiger partial charge in [0, 0.05) is 41.6 Å². The minimum Gasteiger partial charge on any atom is -0.506 e.